The summed E-state index contributed by atoms with van der Waals surface area (Å²) in [4.78, 5) is 24.7. The Hall–Kier alpha value is -2.56. The zero-order valence-electron chi connectivity index (χ0n) is 10.00. The summed E-state index contributed by atoms with van der Waals surface area (Å²) in [6.45, 7) is 0.650. The van der Waals surface area contributed by atoms with E-state index in [-0.39, 0.29) is 18.0 Å². The monoisotopic (exact) mass is 257 g/mol. The molecule has 0 atom stereocenters. The summed E-state index contributed by atoms with van der Waals surface area (Å²) in [6, 6.07) is 8.76. The van der Waals surface area contributed by atoms with Crippen LogP contribution in [0.2, 0.25) is 0 Å². The number of carboxylic acid groups (broad SMARTS) is 1. The lowest BCUT2D eigenvalue weighted by molar-refractivity contribution is 0.0680. The molecule has 0 radical (unpaired) electrons. The van der Waals surface area contributed by atoms with Gasteiger partial charge in [-0.3, -0.25) is 4.79 Å². The van der Waals surface area contributed by atoms with Gasteiger partial charge in [0.15, 0.2) is 0 Å². The van der Waals surface area contributed by atoms with Gasteiger partial charge in [-0.2, -0.15) is 0 Å². The second-order valence-corrected chi connectivity index (χ2v) is 4.38. The van der Waals surface area contributed by atoms with Gasteiger partial charge in [0, 0.05) is 12.1 Å². The molecule has 1 N–H and O–H groups in total. The number of carbonyl (C=O) groups is 2. The van der Waals surface area contributed by atoms with E-state index in [1.165, 1.54) is 12.3 Å². The summed E-state index contributed by atoms with van der Waals surface area (Å²) in [5.41, 5.74) is 1.73. The summed E-state index contributed by atoms with van der Waals surface area (Å²) in [6.07, 6.45) is 1.33. The Kier molecular flexibility index (Phi) is 2.59. The van der Waals surface area contributed by atoms with Gasteiger partial charge in [-0.05, 0) is 17.7 Å². The Morgan fingerprint density at radius 1 is 1.32 bits per heavy atom. The van der Waals surface area contributed by atoms with Crippen molar-refractivity contribution in [1.82, 2.24) is 4.90 Å². The van der Waals surface area contributed by atoms with Gasteiger partial charge in [0.05, 0.1) is 12.8 Å². The molecule has 5 nitrogen and oxygen atoms in total. The lowest BCUT2D eigenvalue weighted by atomic mass is 10.1. The van der Waals surface area contributed by atoms with Crippen molar-refractivity contribution in [1.29, 1.82) is 0 Å². The highest BCUT2D eigenvalue weighted by Gasteiger charge is 2.28. The van der Waals surface area contributed by atoms with Crippen LogP contribution in [0.4, 0.5) is 0 Å². The topological polar surface area (TPSA) is 70.8 Å². The first-order valence-corrected chi connectivity index (χ1v) is 5.83. The van der Waals surface area contributed by atoms with Crippen molar-refractivity contribution in [3.8, 4) is 0 Å². The molecule has 1 amide bonds. The van der Waals surface area contributed by atoms with Crippen molar-refractivity contribution in [3.63, 3.8) is 0 Å². The SMILES string of the molecule is O=C(O)c1ccoc1CN1Cc2ccccc2C1=O. The van der Waals surface area contributed by atoms with Crippen LogP contribution in [0.5, 0.6) is 0 Å². The predicted molar refractivity (Wildman–Crippen MR) is 65.7 cm³/mol. The lowest BCUT2D eigenvalue weighted by Gasteiger charge is -2.14. The standard InChI is InChI=1S/C14H11NO4/c16-13-10-4-2-1-3-9(10)7-15(13)8-12-11(14(17)18)5-6-19-12/h1-6H,7-8H2,(H,17,18). The van der Waals surface area contributed by atoms with E-state index in [1.54, 1.807) is 11.0 Å². The van der Waals surface area contributed by atoms with Crippen LogP contribution in [0.15, 0.2) is 41.0 Å². The lowest BCUT2D eigenvalue weighted by Crippen LogP contribution is -2.23. The molecule has 96 valence electrons. The quantitative estimate of drug-likeness (QED) is 0.914. The molecule has 1 aliphatic rings. The van der Waals surface area contributed by atoms with E-state index in [4.69, 9.17) is 9.52 Å². The number of nitrogens with zero attached hydrogens (tertiary/aromatic N) is 1. The first-order valence-electron chi connectivity index (χ1n) is 5.83. The first kappa shape index (κ1) is 11.5. The maximum absolute atomic E-state index is 12.1. The molecule has 5 heteroatoms. The van der Waals surface area contributed by atoms with E-state index in [2.05, 4.69) is 0 Å². The smallest absolute Gasteiger partial charge is 0.339 e. The van der Waals surface area contributed by atoms with Crippen LogP contribution in [0.25, 0.3) is 0 Å². The first-order chi connectivity index (χ1) is 9.16. The van der Waals surface area contributed by atoms with Crippen molar-refractivity contribution in [2.45, 2.75) is 13.1 Å². The zero-order chi connectivity index (χ0) is 13.4. The molecule has 0 unspecified atom stereocenters. The molecular weight excluding hydrogens is 246 g/mol. The number of hydrogen-bond donors (Lipinski definition) is 1. The number of furan rings is 1. The van der Waals surface area contributed by atoms with Crippen molar-refractivity contribution < 1.29 is 19.1 Å². The Bertz CT molecular complexity index is 659. The Labute approximate surface area is 109 Å². The third kappa shape index (κ3) is 1.89. The zero-order valence-corrected chi connectivity index (χ0v) is 10.00. The average Bonchev–Trinajstić information content (AvgIpc) is 2.97. The highest BCUT2D eigenvalue weighted by Crippen LogP contribution is 2.25. The van der Waals surface area contributed by atoms with Gasteiger partial charge in [0.2, 0.25) is 0 Å². The van der Waals surface area contributed by atoms with E-state index in [9.17, 15) is 9.59 Å². The maximum Gasteiger partial charge on any atom is 0.339 e. The number of hydrogen-bond acceptors (Lipinski definition) is 3. The summed E-state index contributed by atoms with van der Waals surface area (Å²) in [5.74, 6) is -0.843. The number of fused-ring (bicyclic) bond motifs is 1. The average molecular weight is 257 g/mol. The molecule has 0 aliphatic carbocycles. The third-order valence-electron chi connectivity index (χ3n) is 3.21. The van der Waals surface area contributed by atoms with Crippen LogP contribution in [-0.2, 0) is 13.1 Å². The summed E-state index contributed by atoms with van der Waals surface area (Å²) < 4.78 is 5.16. The van der Waals surface area contributed by atoms with E-state index in [0.29, 0.717) is 17.9 Å². The van der Waals surface area contributed by atoms with Crippen LogP contribution in [0.1, 0.15) is 32.0 Å². The van der Waals surface area contributed by atoms with E-state index >= 15 is 0 Å². The van der Waals surface area contributed by atoms with Gasteiger partial charge in [-0.15, -0.1) is 0 Å². The van der Waals surface area contributed by atoms with Crippen molar-refractivity contribution >= 4 is 11.9 Å². The molecule has 1 aliphatic heterocycles. The molecule has 2 heterocycles. The number of rotatable bonds is 3. The van der Waals surface area contributed by atoms with Gasteiger partial charge >= 0.3 is 5.97 Å². The molecule has 1 aromatic carbocycles. The Morgan fingerprint density at radius 2 is 2.11 bits per heavy atom. The molecule has 19 heavy (non-hydrogen) atoms. The molecule has 1 aromatic heterocycles. The molecule has 0 spiro atoms. The van der Waals surface area contributed by atoms with Gasteiger partial charge < -0.3 is 14.4 Å². The van der Waals surface area contributed by atoms with Crippen molar-refractivity contribution in [3.05, 3.63) is 59.0 Å². The molecular formula is C14H11NO4. The van der Waals surface area contributed by atoms with Gasteiger partial charge in [-0.25, -0.2) is 4.79 Å². The molecule has 0 saturated carbocycles. The number of amides is 1. The normalized spacial score (nSPS) is 13.7. The van der Waals surface area contributed by atoms with Crippen molar-refractivity contribution in [2.75, 3.05) is 0 Å². The fourth-order valence-electron chi connectivity index (χ4n) is 2.27. The van der Waals surface area contributed by atoms with Crippen LogP contribution in [-0.4, -0.2) is 21.9 Å². The highest BCUT2D eigenvalue weighted by molar-refractivity contribution is 5.98. The number of carbonyl (C=O) groups excluding carboxylic acids is 1. The number of aromatic carboxylic acids is 1. The van der Waals surface area contributed by atoms with Crippen LogP contribution < -0.4 is 0 Å². The van der Waals surface area contributed by atoms with Crippen LogP contribution in [0.3, 0.4) is 0 Å². The van der Waals surface area contributed by atoms with Crippen LogP contribution in [0, 0.1) is 0 Å². The molecule has 2 aromatic rings. The minimum Gasteiger partial charge on any atom is -0.478 e. The minimum atomic E-state index is -1.05. The largest absolute Gasteiger partial charge is 0.478 e. The van der Waals surface area contributed by atoms with Gasteiger partial charge in [0.1, 0.15) is 11.3 Å². The summed E-state index contributed by atoms with van der Waals surface area (Å²) in [7, 11) is 0. The Morgan fingerprint density at radius 3 is 2.84 bits per heavy atom. The summed E-state index contributed by atoms with van der Waals surface area (Å²) in [5, 5.41) is 9.00. The molecule has 3 rings (SSSR count). The Balaban J connectivity index is 1.85. The maximum atomic E-state index is 12.1. The van der Waals surface area contributed by atoms with E-state index in [1.807, 2.05) is 18.2 Å². The molecule has 0 saturated heterocycles. The third-order valence-corrected chi connectivity index (χ3v) is 3.21. The second-order valence-electron chi connectivity index (χ2n) is 4.38. The van der Waals surface area contributed by atoms with E-state index in [0.717, 1.165) is 5.56 Å². The minimum absolute atomic E-state index is 0.0941. The molecule has 0 fully saturated rings. The second kappa shape index (κ2) is 4.28. The van der Waals surface area contributed by atoms with Crippen molar-refractivity contribution in [2.24, 2.45) is 0 Å². The number of carboxylic acids is 1. The van der Waals surface area contributed by atoms with Gasteiger partial charge in [-0.1, -0.05) is 18.2 Å². The van der Waals surface area contributed by atoms with Gasteiger partial charge in [0.25, 0.3) is 5.91 Å². The molecule has 0 bridgehead atoms. The van der Waals surface area contributed by atoms with E-state index < -0.39 is 5.97 Å². The predicted octanol–water partition coefficient (Wildman–Crippen LogP) is 2.13. The fourth-order valence-corrected chi connectivity index (χ4v) is 2.27. The highest BCUT2D eigenvalue weighted by atomic mass is 16.4. The summed E-state index contributed by atoms with van der Waals surface area (Å²) >= 11 is 0. The fraction of sp³-hybridized carbons (Fsp3) is 0.143. The number of benzene rings is 1. The van der Waals surface area contributed by atoms with Crippen LogP contribution >= 0.6 is 0 Å².